The van der Waals surface area contributed by atoms with Crippen LogP contribution in [0, 0.1) is 6.92 Å². The molecule has 2 atom stereocenters. The molecule has 1 aromatic heterocycles. The van der Waals surface area contributed by atoms with Gasteiger partial charge in [-0.05, 0) is 18.9 Å². The van der Waals surface area contributed by atoms with Crippen LogP contribution in [0.1, 0.15) is 29.7 Å². The van der Waals surface area contributed by atoms with E-state index < -0.39 is 10.0 Å². The molecule has 0 amide bonds. The maximum absolute atomic E-state index is 12.0. The average Bonchev–Trinajstić information content (AvgIpc) is 3.12. The van der Waals surface area contributed by atoms with Gasteiger partial charge in [-0.1, -0.05) is 30.3 Å². The first-order chi connectivity index (χ1) is 10.9. The Kier molecular flexibility index (Phi) is 4.47. The largest absolute Gasteiger partial charge is 0.372 e. The number of benzene rings is 1. The van der Waals surface area contributed by atoms with Crippen molar-refractivity contribution in [2.75, 3.05) is 12.8 Å². The summed E-state index contributed by atoms with van der Waals surface area (Å²) >= 11 is 0. The van der Waals surface area contributed by atoms with Crippen LogP contribution in [0.5, 0.6) is 0 Å². The van der Waals surface area contributed by atoms with Crippen LogP contribution in [-0.2, 0) is 21.4 Å². The molecule has 0 aliphatic carbocycles. The number of aromatic amines is 1. The Hall–Kier alpha value is -1.77. The van der Waals surface area contributed by atoms with Crippen molar-refractivity contribution in [3.8, 4) is 0 Å². The van der Waals surface area contributed by atoms with E-state index in [1.54, 1.807) is 6.92 Å². The Morgan fingerprint density at radius 3 is 2.70 bits per heavy atom. The number of rotatable bonds is 5. The molecule has 2 heterocycles. The molecule has 0 unspecified atom stereocenters. The zero-order chi connectivity index (χ0) is 16.4. The lowest BCUT2D eigenvalue weighted by molar-refractivity contribution is 0.0501. The standard InChI is InChI=1S/C15H20N4O3S/c1-11-16-15(18-17-11)14-8-13(9-19(14)23(2,20)21)22-10-12-6-4-3-5-7-12/h3-7,13-14H,8-10H2,1-2H3,(H,16,17,18)/t13-,14-/m0/s1. The van der Waals surface area contributed by atoms with Crippen LogP contribution >= 0.6 is 0 Å². The average molecular weight is 336 g/mol. The van der Waals surface area contributed by atoms with Crippen LogP contribution in [0.15, 0.2) is 30.3 Å². The molecule has 8 heteroatoms. The van der Waals surface area contributed by atoms with Gasteiger partial charge < -0.3 is 4.74 Å². The van der Waals surface area contributed by atoms with Gasteiger partial charge in [0.25, 0.3) is 0 Å². The number of sulfonamides is 1. The summed E-state index contributed by atoms with van der Waals surface area (Å²) in [6.07, 6.45) is 1.59. The summed E-state index contributed by atoms with van der Waals surface area (Å²) in [5, 5.41) is 6.88. The lowest BCUT2D eigenvalue weighted by Gasteiger charge is -2.18. The van der Waals surface area contributed by atoms with E-state index in [9.17, 15) is 8.42 Å². The van der Waals surface area contributed by atoms with E-state index in [1.807, 2.05) is 30.3 Å². The molecule has 0 bridgehead atoms. The molecular formula is C15H20N4O3S. The molecule has 1 aliphatic heterocycles. The number of hydrogen-bond donors (Lipinski definition) is 1. The normalized spacial score (nSPS) is 22.5. The third-order valence-corrected chi connectivity index (χ3v) is 5.14. The molecular weight excluding hydrogens is 316 g/mol. The van der Waals surface area contributed by atoms with Gasteiger partial charge in [0.05, 0.1) is 25.0 Å². The highest BCUT2D eigenvalue weighted by Gasteiger charge is 2.41. The maximum atomic E-state index is 12.0. The van der Waals surface area contributed by atoms with Gasteiger partial charge in [-0.25, -0.2) is 13.4 Å². The second-order valence-electron chi connectivity index (χ2n) is 5.78. The second kappa shape index (κ2) is 6.38. The van der Waals surface area contributed by atoms with Crippen molar-refractivity contribution in [3.05, 3.63) is 47.5 Å². The van der Waals surface area contributed by atoms with Crippen molar-refractivity contribution < 1.29 is 13.2 Å². The van der Waals surface area contributed by atoms with Crippen molar-refractivity contribution in [3.63, 3.8) is 0 Å². The first-order valence-electron chi connectivity index (χ1n) is 7.45. The van der Waals surface area contributed by atoms with Crippen LogP contribution in [0.2, 0.25) is 0 Å². The summed E-state index contributed by atoms with van der Waals surface area (Å²) in [6, 6.07) is 9.45. The van der Waals surface area contributed by atoms with E-state index in [0.29, 0.717) is 31.2 Å². The number of ether oxygens (including phenoxy) is 1. The van der Waals surface area contributed by atoms with Crippen molar-refractivity contribution >= 4 is 10.0 Å². The van der Waals surface area contributed by atoms with E-state index in [0.717, 1.165) is 5.56 Å². The van der Waals surface area contributed by atoms with Crippen LogP contribution < -0.4 is 0 Å². The Labute approximate surface area is 135 Å². The molecule has 1 N–H and O–H groups in total. The Balaban J connectivity index is 1.72. The number of nitrogens with zero attached hydrogens (tertiary/aromatic N) is 3. The van der Waals surface area contributed by atoms with E-state index in [2.05, 4.69) is 15.2 Å². The van der Waals surface area contributed by atoms with E-state index >= 15 is 0 Å². The van der Waals surface area contributed by atoms with Gasteiger partial charge in [-0.15, -0.1) is 0 Å². The van der Waals surface area contributed by atoms with Gasteiger partial charge in [-0.2, -0.15) is 9.40 Å². The lowest BCUT2D eigenvalue weighted by atomic mass is 10.2. The summed E-state index contributed by atoms with van der Waals surface area (Å²) in [7, 11) is -3.35. The SMILES string of the molecule is Cc1nc([C@@H]2C[C@H](OCc3ccccc3)CN2S(C)(=O)=O)n[nH]1. The van der Waals surface area contributed by atoms with Crippen molar-refractivity contribution in [2.45, 2.75) is 32.1 Å². The molecule has 1 saturated heterocycles. The minimum atomic E-state index is -3.35. The third kappa shape index (κ3) is 3.77. The van der Waals surface area contributed by atoms with Crippen LogP contribution in [0.3, 0.4) is 0 Å². The fraction of sp³-hybridized carbons (Fsp3) is 0.467. The fourth-order valence-corrected chi connectivity index (χ4v) is 3.87. The molecule has 3 rings (SSSR count). The van der Waals surface area contributed by atoms with Gasteiger partial charge in [0.2, 0.25) is 10.0 Å². The zero-order valence-corrected chi connectivity index (χ0v) is 14.0. The zero-order valence-electron chi connectivity index (χ0n) is 13.1. The second-order valence-corrected chi connectivity index (χ2v) is 7.72. The molecule has 1 aliphatic rings. The Morgan fingerprint density at radius 2 is 2.09 bits per heavy atom. The number of hydrogen-bond acceptors (Lipinski definition) is 5. The highest BCUT2D eigenvalue weighted by molar-refractivity contribution is 7.88. The first-order valence-corrected chi connectivity index (χ1v) is 9.29. The van der Waals surface area contributed by atoms with Crippen LogP contribution in [0.25, 0.3) is 0 Å². The van der Waals surface area contributed by atoms with Crippen LogP contribution in [-0.4, -0.2) is 46.8 Å². The minimum Gasteiger partial charge on any atom is -0.372 e. The van der Waals surface area contributed by atoms with Gasteiger partial charge in [0, 0.05) is 6.54 Å². The molecule has 1 aromatic carbocycles. The van der Waals surface area contributed by atoms with Crippen LogP contribution in [0.4, 0.5) is 0 Å². The predicted molar refractivity (Wildman–Crippen MR) is 85.0 cm³/mol. The molecule has 2 aromatic rings. The molecule has 0 spiro atoms. The van der Waals surface area contributed by atoms with Crippen molar-refractivity contribution in [1.29, 1.82) is 0 Å². The Morgan fingerprint density at radius 1 is 1.35 bits per heavy atom. The van der Waals surface area contributed by atoms with Gasteiger partial charge in [-0.3, -0.25) is 5.10 Å². The summed E-state index contributed by atoms with van der Waals surface area (Å²) in [4.78, 5) is 4.28. The lowest BCUT2D eigenvalue weighted by Crippen LogP contribution is -2.31. The number of H-pyrrole nitrogens is 1. The highest BCUT2D eigenvalue weighted by Crippen LogP contribution is 2.33. The monoisotopic (exact) mass is 336 g/mol. The van der Waals surface area contributed by atoms with E-state index in [1.165, 1.54) is 10.6 Å². The molecule has 7 nitrogen and oxygen atoms in total. The fourth-order valence-electron chi connectivity index (χ4n) is 2.79. The summed E-state index contributed by atoms with van der Waals surface area (Å²) in [5.74, 6) is 1.17. The minimum absolute atomic E-state index is 0.172. The topological polar surface area (TPSA) is 88.2 Å². The summed E-state index contributed by atoms with van der Waals surface area (Å²) in [5.41, 5.74) is 1.07. The predicted octanol–water partition coefficient (Wildman–Crippen LogP) is 1.40. The van der Waals surface area contributed by atoms with E-state index in [-0.39, 0.29) is 12.1 Å². The summed E-state index contributed by atoms with van der Waals surface area (Å²) in [6.45, 7) is 2.58. The van der Waals surface area contributed by atoms with Gasteiger partial charge in [0.15, 0.2) is 5.82 Å². The summed E-state index contributed by atoms with van der Waals surface area (Å²) < 4.78 is 31.4. The number of aryl methyl sites for hydroxylation is 1. The highest BCUT2D eigenvalue weighted by atomic mass is 32.2. The molecule has 1 fully saturated rings. The molecule has 0 saturated carbocycles. The Bertz CT molecular complexity index is 760. The van der Waals surface area contributed by atoms with Crippen molar-refractivity contribution in [2.24, 2.45) is 0 Å². The van der Waals surface area contributed by atoms with Gasteiger partial charge in [0.1, 0.15) is 5.82 Å². The molecule has 0 radical (unpaired) electrons. The number of nitrogens with one attached hydrogen (secondary N) is 1. The smallest absolute Gasteiger partial charge is 0.211 e. The van der Waals surface area contributed by atoms with Gasteiger partial charge >= 0.3 is 0 Å². The molecule has 124 valence electrons. The molecule has 23 heavy (non-hydrogen) atoms. The van der Waals surface area contributed by atoms with Crippen molar-refractivity contribution in [1.82, 2.24) is 19.5 Å². The number of aromatic nitrogens is 3. The quantitative estimate of drug-likeness (QED) is 0.892. The third-order valence-electron chi connectivity index (χ3n) is 3.88. The first kappa shape index (κ1) is 16.1. The van der Waals surface area contributed by atoms with E-state index in [4.69, 9.17) is 4.74 Å². The maximum Gasteiger partial charge on any atom is 0.211 e.